The summed E-state index contributed by atoms with van der Waals surface area (Å²) < 4.78 is 14.9. The van der Waals surface area contributed by atoms with Gasteiger partial charge in [0, 0.05) is 37.5 Å². The maximum absolute atomic E-state index is 14.9. The van der Waals surface area contributed by atoms with Crippen molar-refractivity contribution in [3.05, 3.63) is 22.8 Å². The summed E-state index contributed by atoms with van der Waals surface area (Å²) in [5.74, 6) is 0.412. The molecular formula is C17H22ClFN4O. The molecule has 2 rings (SSSR count). The average Bonchev–Trinajstić information content (AvgIpc) is 2.53. The van der Waals surface area contributed by atoms with Gasteiger partial charge < -0.3 is 10.2 Å². The van der Waals surface area contributed by atoms with Gasteiger partial charge in [-0.1, -0.05) is 32.4 Å². The van der Waals surface area contributed by atoms with Crippen molar-refractivity contribution in [2.45, 2.75) is 39.3 Å². The molecule has 1 fully saturated rings. The normalized spacial score (nSPS) is 17.2. The number of hydrogen-bond acceptors (Lipinski definition) is 4. The molecule has 1 aromatic rings. The van der Waals surface area contributed by atoms with Crippen LogP contribution in [0.5, 0.6) is 0 Å². The fraction of sp³-hybridized carbons (Fsp3) is 0.588. The second kappa shape index (κ2) is 6.94. The molecule has 0 aliphatic carbocycles. The van der Waals surface area contributed by atoms with Crippen LogP contribution in [-0.4, -0.2) is 36.2 Å². The number of halogens is 2. The minimum absolute atomic E-state index is 0.0193. The van der Waals surface area contributed by atoms with Crippen LogP contribution < -0.4 is 10.2 Å². The summed E-state index contributed by atoms with van der Waals surface area (Å²) in [4.78, 5) is 18.0. The number of pyridine rings is 1. The monoisotopic (exact) mass is 352 g/mol. The van der Waals surface area contributed by atoms with E-state index in [1.807, 2.05) is 11.0 Å². The summed E-state index contributed by atoms with van der Waals surface area (Å²) in [6.45, 7) is 6.34. The number of carbonyl (C=O) groups excluding carboxylic acids is 1. The van der Waals surface area contributed by atoms with Crippen LogP contribution in [0, 0.1) is 16.7 Å². The van der Waals surface area contributed by atoms with Crippen LogP contribution in [0.15, 0.2) is 12.3 Å². The number of alkyl halides is 1. The first-order chi connectivity index (χ1) is 11.1. The molecular weight excluding hydrogens is 331 g/mol. The predicted octanol–water partition coefficient (Wildman–Crippen LogP) is 3.08. The molecule has 7 heteroatoms. The molecule has 1 aliphatic rings. The van der Waals surface area contributed by atoms with Gasteiger partial charge in [-0.05, 0) is 6.07 Å². The van der Waals surface area contributed by atoms with Crippen molar-refractivity contribution < 1.29 is 9.18 Å². The number of nitrogens with one attached hydrogen (secondary N) is 1. The third-order valence-corrected chi connectivity index (χ3v) is 4.44. The minimum Gasteiger partial charge on any atom is -0.355 e. The van der Waals surface area contributed by atoms with Gasteiger partial charge in [0.1, 0.15) is 17.6 Å². The largest absolute Gasteiger partial charge is 0.355 e. The summed E-state index contributed by atoms with van der Waals surface area (Å²) in [7, 11) is 0. The molecule has 1 N–H and O–H groups in total. The van der Waals surface area contributed by atoms with E-state index in [1.54, 1.807) is 26.8 Å². The van der Waals surface area contributed by atoms with Gasteiger partial charge in [0.25, 0.3) is 0 Å². The topological polar surface area (TPSA) is 69.0 Å². The van der Waals surface area contributed by atoms with E-state index in [0.29, 0.717) is 29.5 Å². The van der Waals surface area contributed by atoms with E-state index in [0.717, 1.165) is 0 Å². The maximum atomic E-state index is 14.9. The molecule has 1 amide bonds. The van der Waals surface area contributed by atoms with E-state index < -0.39 is 11.1 Å². The number of aromatic nitrogens is 1. The summed E-state index contributed by atoms with van der Waals surface area (Å²) in [6, 6.07) is 3.55. The number of piperidine rings is 1. The van der Waals surface area contributed by atoms with Crippen LogP contribution in [-0.2, 0) is 4.79 Å². The fourth-order valence-electron chi connectivity index (χ4n) is 2.52. The lowest BCUT2D eigenvalue weighted by atomic mass is 9.91. The molecule has 0 spiro atoms. The number of nitrogens with zero attached hydrogens (tertiary/aromatic N) is 3. The highest BCUT2D eigenvalue weighted by Crippen LogP contribution is 2.32. The lowest BCUT2D eigenvalue weighted by molar-refractivity contribution is -0.129. The van der Waals surface area contributed by atoms with Crippen molar-refractivity contribution in [3.8, 4) is 6.07 Å². The van der Waals surface area contributed by atoms with Crippen LogP contribution >= 0.6 is 11.6 Å². The summed E-state index contributed by atoms with van der Waals surface area (Å²) in [5, 5.41) is 11.9. The Balaban J connectivity index is 1.95. The zero-order valence-electron chi connectivity index (χ0n) is 14.2. The zero-order chi connectivity index (χ0) is 18.0. The molecule has 0 bridgehead atoms. The van der Waals surface area contributed by atoms with E-state index in [-0.39, 0.29) is 25.3 Å². The van der Waals surface area contributed by atoms with Crippen molar-refractivity contribution in [3.63, 3.8) is 0 Å². The molecule has 0 unspecified atom stereocenters. The molecule has 0 aromatic carbocycles. The van der Waals surface area contributed by atoms with E-state index >= 15 is 0 Å². The van der Waals surface area contributed by atoms with Crippen molar-refractivity contribution in [2.75, 3.05) is 24.5 Å². The maximum Gasteiger partial charge on any atom is 0.225 e. The lowest BCUT2D eigenvalue weighted by Crippen LogP contribution is -2.50. The molecule has 0 saturated carbocycles. The molecule has 24 heavy (non-hydrogen) atoms. The van der Waals surface area contributed by atoms with Crippen molar-refractivity contribution in [1.82, 2.24) is 10.3 Å². The van der Waals surface area contributed by atoms with Crippen molar-refractivity contribution in [1.29, 1.82) is 5.26 Å². The van der Waals surface area contributed by atoms with Gasteiger partial charge in [-0.15, -0.1) is 0 Å². The SMILES string of the molecule is CC(C)(C)C(=O)NCC1(F)CCN(c2ncc(C#N)cc2Cl)CC1. The zero-order valence-corrected chi connectivity index (χ0v) is 15.0. The van der Waals surface area contributed by atoms with Gasteiger partial charge in [0.15, 0.2) is 0 Å². The molecule has 1 aliphatic heterocycles. The molecule has 130 valence electrons. The summed E-state index contributed by atoms with van der Waals surface area (Å²) in [5.41, 5.74) is -1.56. The average molecular weight is 353 g/mol. The molecule has 0 radical (unpaired) electrons. The second-order valence-corrected chi connectivity index (χ2v) is 7.62. The number of carbonyl (C=O) groups is 1. The van der Waals surface area contributed by atoms with Crippen molar-refractivity contribution >= 4 is 23.3 Å². The van der Waals surface area contributed by atoms with Crippen molar-refractivity contribution in [2.24, 2.45) is 5.41 Å². The molecule has 1 aromatic heterocycles. The van der Waals surface area contributed by atoms with E-state index in [9.17, 15) is 9.18 Å². The standard InChI is InChI=1S/C17H22ClFN4O/c1-16(2,3)15(24)22-11-17(19)4-6-23(7-5-17)14-13(18)8-12(9-20)10-21-14/h8,10H,4-7,11H2,1-3H3,(H,22,24). The quantitative estimate of drug-likeness (QED) is 0.907. The third kappa shape index (κ3) is 4.35. The third-order valence-electron chi connectivity index (χ3n) is 4.16. The van der Waals surface area contributed by atoms with Gasteiger partial charge in [0.2, 0.25) is 5.91 Å². The first-order valence-corrected chi connectivity index (χ1v) is 8.30. The first-order valence-electron chi connectivity index (χ1n) is 7.92. The van der Waals surface area contributed by atoms with Gasteiger partial charge >= 0.3 is 0 Å². The van der Waals surface area contributed by atoms with Gasteiger partial charge in [-0.3, -0.25) is 4.79 Å². The van der Waals surface area contributed by atoms with Gasteiger partial charge in [-0.25, -0.2) is 9.37 Å². The highest BCUT2D eigenvalue weighted by molar-refractivity contribution is 6.33. The number of rotatable bonds is 3. The Morgan fingerprint density at radius 1 is 1.50 bits per heavy atom. The Hall–Kier alpha value is -1.87. The Bertz CT molecular complexity index is 658. The fourth-order valence-corrected chi connectivity index (χ4v) is 2.81. The number of nitriles is 1. The Labute approximate surface area is 146 Å². The smallest absolute Gasteiger partial charge is 0.225 e. The highest BCUT2D eigenvalue weighted by atomic mass is 35.5. The van der Waals surface area contributed by atoms with Crippen LogP contribution in [0.1, 0.15) is 39.2 Å². The van der Waals surface area contributed by atoms with Crippen LogP contribution in [0.25, 0.3) is 0 Å². The highest BCUT2D eigenvalue weighted by Gasteiger charge is 2.36. The van der Waals surface area contributed by atoms with E-state index in [1.165, 1.54) is 6.20 Å². The first kappa shape index (κ1) is 18.5. The van der Waals surface area contributed by atoms with E-state index in [4.69, 9.17) is 16.9 Å². The molecule has 0 atom stereocenters. The summed E-state index contributed by atoms with van der Waals surface area (Å²) >= 11 is 6.16. The lowest BCUT2D eigenvalue weighted by Gasteiger charge is -2.37. The van der Waals surface area contributed by atoms with Crippen LogP contribution in [0.3, 0.4) is 0 Å². The van der Waals surface area contributed by atoms with Gasteiger partial charge in [-0.2, -0.15) is 5.26 Å². The predicted molar refractivity (Wildman–Crippen MR) is 91.7 cm³/mol. The Morgan fingerprint density at radius 3 is 2.62 bits per heavy atom. The van der Waals surface area contributed by atoms with E-state index in [2.05, 4.69) is 10.3 Å². The van der Waals surface area contributed by atoms with Gasteiger partial charge in [0.05, 0.1) is 17.1 Å². The Morgan fingerprint density at radius 2 is 2.12 bits per heavy atom. The summed E-state index contributed by atoms with van der Waals surface area (Å²) in [6.07, 6.45) is 2.03. The second-order valence-electron chi connectivity index (χ2n) is 7.21. The molecule has 5 nitrogen and oxygen atoms in total. The van der Waals surface area contributed by atoms with Crippen LogP contribution in [0.4, 0.5) is 10.2 Å². The number of anilines is 1. The van der Waals surface area contributed by atoms with Crippen LogP contribution in [0.2, 0.25) is 5.02 Å². The minimum atomic E-state index is -1.42. The molecule has 2 heterocycles. The Kier molecular flexibility index (Phi) is 5.34. The number of amides is 1. The number of hydrogen-bond donors (Lipinski definition) is 1. The molecule has 1 saturated heterocycles.